The van der Waals surface area contributed by atoms with Gasteiger partial charge in [0, 0.05) is 13.1 Å². The molecular weight excluding hydrogens is 125 g/mol. The second-order valence-corrected chi connectivity index (χ2v) is 3.42. The third-order valence-electron chi connectivity index (χ3n) is 1.14. The van der Waals surface area contributed by atoms with Crippen LogP contribution >= 0.6 is 8.53 Å². The first kappa shape index (κ1) is 5.12. The predicted octanol–water partition coefficient (Wildman–Crippen LogP) is 0.576. The summed E-state index contributed by atoms with van der Waals surface area (Å²) in [4.78, 5) is 0. The van der Waals surface area contributed by atoms with Crippen molar-refractivity contribution in [2.45, 2.75) is 0 Å². The maximum Gasteiger partial charge on any atom is 0.258 e. The smallest absolute Gasteiger partial charge is 0.258 e. The molecule has 0 saturated carbocycles. The van der Waals surface area contributed by atoms with E-state index in [0.29, 0.717) is 0 Å². The van der Waals surface area contributed by atoms with Crippen LogP contribution in [0.1, 0.15) is 0 Å². The summed E-state index contributed by atoms with van der Waals surface area (Å²) in [5.41, 5.74) is 0. The first-order valence-electron chi connectivity index (χ1n) is 2.77. The maximum atomic E-state index is 5.25. The highest BCUT2D eigenvalue weighted by Gasteiger charge is 2.33. The van der Waals surface area contributed by atoms with Crippen molar-refractivity contribution < 1.29 is 9.05 Å². The standard InChI is InChI=1S/C4H8NO2P/c1-2-5(1)8-6-3-4-7-8/h1-4H2. The predicted molar refractivity (Wildman–Crippen MR) is 30.4 cm³/mol. The molecule has 0 aromatic rings. The highest BCUT2D eigenvalue weighted by molar-refractivity contribution is 7.45. The number of hydrogen-bond acceptors (Lipinski definition) is 3. The van der Waals surface area contributed by atoms with Gasteiger partial charge in [-0.1, -0.05) is 0 Å². The molecule has 3 nitrogen and oxygen atoms in total. The lowest BCUT2D eigenvalue weighted by atomic mass is 10.8. The van der Waals surface area contributed by atoms with Crippen LogP contribution in [0.4, 0.5) is 0 Å². The number of hydrogen-bond donors (Lipinski definition) is 0. The molecule has 4 heteroatoms. The minimum Gasteiger partial charge on any atom is -0.320 e. The maximum absolute atomic E-state index is 5.25. The Bertz CT molecular complexity index is 90.0. The van der Waals surface area contributed by atoms with Gasteiger partial charge < -0.3 is 9.05 Å². The highest BCUT2D eigenvalue weighted by Crippen LogP contribution is 2.49. The third-order valence-corrected chi connectivity index (χ3v) is 2.81. The van der Waals surface area contributed by atoms with Gasteiger partial charge in [-0.2, -0.15) is 0 Å². The molecule has 0 unspecified atom stereocenters. The zero-order valence-electron chi connectivity index (χ0n) is 4.54. The lowest BCUT2D eigenvalue weighted by Crippen LogP contribution is -1.85. The fourth-order valence-electron chi connectivity index (χ4n) is 0.639. The van der Waals surface area contributed by atoms with E-state index in [1.165, 1.54) is 13.1 Å². The van der Waals surface area contributed by atoms with Crippen molar-refractivity contribution in [3.8, 4) is 0 Å². The Hall–Kier alpha value is 0.310. The van der Waals surface area contributed by atoms with E-state index in [0.717, 1.165) is 13.2 Å². The van der Waals surface area contributed by atoms with Crippen molar-refractivity contribution in [2.75, 3.05) is 26.3 Å². The van der Waals surface area contributed by atoms with Crippen LogP contribution in [0.25, 0.3) is 0 Å². The van der Waals surface area contributed by atoms with Crippen LogP contribution in [0.5, 0.6) is 0 Å². The quantitative estimate of drug-likeness (QED) is 0.385. The number of rotatable bonds is 1. The molecule has 2 rings (SSSR count). The van der Waals surface area contributed by atoms with Crippen molar-refractivity contribution in [3.05, 3.63) is 0 Å². The Kier molecular flexibility index (Phi) is 1.23. The molecule has 0 bridgehead atoms. The molecule has 0 amide bonds. The lowest BCUT2D eigenvalue weighted by molar-refractivity contribution is 0.365. The summed E-state index contributed by atoms with van der Waals surface area (Å²) in [6.45, 7) is 3.93. The first-order valence-corrected chi connectivity index (χ1v) is 3.91. The summed E-state index contributed by atoms with van der Waals surface area (Å²) in [6.07, 6.45) is 0. The van der Waals surface area contributed by atoms with Gasteiger partial charge >= 0.3 is 0 Å². The van der Waals surface area contributed by atoms with Crippen LogP contribution in [0.3, 0.4) is 0 Å². The molecule has 46 valence electrons. The van der Waals surface area contributed by atoms with E-state index in [4.69, 9.17) is 9.05 Å². The summed E-state index contributed by atoms with van der Waals surface area (Å²) in [5.74, 6) is 0. The molecule has 0 atom stereocenters. The molecule has 0 aromatic heterocycles. The lowest BCUT2D eigenvalue weighted by Gasteiger charge is -2.04. The topological polar surface area (TPSA) is 21.5 Å². The van der Waals surface area contributed by atoms with Crippen LogP contribution in [-0.4, -0.2) is 31.0 Å². The van der Waals surface area contributed by atoms with Crippen molar-refractivity contribution in [2.24, 2.45) is 0 Å². The van der Waals surface area contributed by atoms with Crippen molar-refractivity contribution in [1.29, 1.82) is 0 Å². The van der Waals surface area contributed by atoms with E-state index in [2.05, 4.69) is 4.67 Å². The summed E-state index contributed by atoms with van der Waals surface area (Å²) in [7, 11) is -0.560. The van der Waals surface area contributed by atoms with Gasteiger partial charge in [-0.15, -0.1) is 0 Å². The van der Waals surface area contributed by atoms with Gasteiger partial charge in [0.05, 0.1) is 13.2 Å². The van der Waals surface area contributed by atoms with Gasteiger partial charge in [-0.25, -0.2) is 4.67 Å². The molecule has 0 radical (unpaired) electrons. The van der Waals surface area contributed by atoms with Crippen molar-refractivity contribution in [3.63, 3.8) is 0 Å². The van der Waals surface area contributed by atoms with Gasteiger partial charge in [0.1, 0.15) is 0 Å². The fraction of sp³-hybridized carbons (Fsp3) is 1.00. The van der Waals surface area contributed by atoms with Crippen LogP contribution in [0.15, 0.2) is 0 Å². The van der Waals surface area contributed by atoms with Crippen molar-refractivity contribution >= 4 is 8.53 Å². The Morgan fingerprint density at radius 3 is 2.25 bits per heavy atom. The summed E-state index contributed by atoms with van der Waals surface area (Å²) in [5, 5.41) is 0. The summed E-state index contributed by atoms with van der Waals surface area (Å²) in [6, 6.07) is 0. The molecule has 2 fully saturated rings. The second kappa shape index (κ2) is 1.92. The molecule has 0 aromatic carbocycles. The van der Waals surface area contributed by atoms with Crippen LogP contribution in [0, 0.1) is 0 Å². The first-order chi connectivity index (χ1) is 3.97. The zero-order valence-corrected chi connectivity index (χ0v) is 5.43. The summed E-state index contributed by atoms with van der Waals surface area (Å²) >= 11 is 0. The Labute approximate surface area is 49.5 Å². The molecule has 2 aliphatic heterocycles. The molecule has 0 N–H and O–H groups in total. The van der Waals surface area contributed by atoms with E-state index in [-0.39, 0.29) is 0 Å². The highest BCUT2D eigenvalue weighted by atomic mass is 31.2. The Morgan fingerprint density at radius 2 is 1.75 bits per heavy atom. The molecule has 2 aliphatic rings. The van der Waals surface area contributed by atoms with Gasteiger partial charge in [-0.05, 0) is 0 Å². The normalized spacial score (nSPS) is 31.5. The van der Waals surface area contributed by atoms with E-state index < -0.39 is 8.53 Å². The van der Waals surface area contributed by atoms with E-state index in [1.54, 1.807) is 0 Å². The minimum atomic E-state index is -0.560. The van der Waals surface area contributed by atoms with Gasteiger partial charge in [0.2, 0.25) is 0 Å². The molecule has 0 spiro atoms. The van der Waals surface area contributed by atoms with E-state index >= 15 is 0 Å². The minimum absolute atomic E-state index is 0.560. The van der Waals surface area contributed by atoms with Gasteiger partial charge in [-0.3, -0.25) is 0 Å². The van der Waals surface area contributed by atoms with Crippen LogP contribution in [0.2, 0.25) is 0 Å². The molecule has 8 heavy (non-hydrogen) atoms. The Balaban J connectivity index is 1.86. The SMILES string of the molecule is C1COP(N2CC2)O1. The molecule has 2 saturated heterocycles. The molecule has 0 aliphatic carbocycles. The molecule has 2 heterocycles. The monoisotopic (exact) mass is 133 g/mol. The van der Waals surface area contributed by atoms with Crippen LogP contribution in [-0.2, 0) is 9.05 Å². The zero-order chi connectivity index (χ0) is 5.40. The van der Waals surface area contributed by atoms with Crippen LogP contribution < -0.4 is 0 Å². The van der Waals surface area contributed by atoms with E-state index in [1.807, 2.05) is 0 Å². The number of nitrogens with zero attached hydrogens (tertiary/aromatic N) is 1. The average Bonchev–Trinajstić information content (AvgIpc) is 2.49. The Morgan fingerprint density at radius 1 is 1.12 bits per heavy atom. The third kappa shape index (κ3) is 0.869. The van der Waals surface area contributed by atoms with Gasteiger partial charge in [0.25, 0.3) is 8.53 Å². The average molecular weight is 133 g/mol. The van der Waals surface area contributed by atoms with Crippen molar-refractivity contribution in [1.82, 2.24) is 4.67 Å². The summed E-state index contributed by atoms with van der Waals surface area (Å²) < 4.78 is 12.7. The van der Waals surface area contributed by atoms with Gasteiger partial charge in [0.15, 0.2) is 0 Å². The second-order valence-electron chi connectivity index (χ2n) is 1.86. The largest absolute Gasteiger partial charge is 0.320 e. The fourth-order valence-corrected chi connectivity index (χ4v) is 1.92. The molecular formula is C4H8NO2P. The van der Waals surface area contributed by atoms with E-state index in [9.17, 15) is 0 Å².